The Morgan fingerprint density at radius 3 is 2.50 bits per heavy atom. The van der Waals surface area contributed by atoms with Crippen LogP contribution < -0.4 is 4.74 Å². The van der Waals surface area contributed by atoms with Crippen molar-refractivity contribution >= 4 is 5.91 Å². The molecule has 2 heterocycles. The van der Waals surface area contributed by atoms with E-state index in [9.17, 15) is 4.79 Å². The number of carbonyl (C=O) groups is 1. The van der Waals surface area contributed by atoms with Crippen molar-refractivity contribution < 1.29 is 19.0 Å². The van der Waals surface area contributed by atoms with Crippen molar-refractivity contribution in [3.8, 4) is 5.75 Å². The maximum atomic E-state index is 13.3. The van der Waals surface area contributed by atoms with Gasteiger partial charge in [0.2, 0.25) is 0 Å². The van der Waals surface area contributed by atoms with Crippen LogP contribution in [0.2, 0.25) is 0 Å². The van der Waals surface area contributed by atoms with Crippen LogP contribution in [0.15, 0.2) is 18.2 Å². The highest BCUT2D eigenvalue weighted by Gasteiger charge is 2.45. The Morgan fingerprint density at radius 2 is 1.88 bits per heavy atom. The molecule has 0 N–H and O–H groups in total. The van der Waals surface area contributed by atoms with E-state index in [2.05, 4.69) is 11.8 Å². The third-order valence-corrected chi connectivity index (χ3v) is 7.95. The van der Waals surface area contributed by atoms with Gasteiger partial charge in [0.1, 0.15) is 5.75 Å². The molecule has 1 unspecified atom stereocenters. The second-order valence-electron chi connectivity index (χ2n) is 11.2. The van der Waals surface area contributed by atoms with Gasteiger partial charge in [0, 0.05) is 44.9 Å². The fraction of sp³-hybridized carbons (Fsp3) is 0.750. The number of methoxy groups -OCH3 is 1. The van der Waals surface area contributed by atoms with Crippen molar-refractivity contribution in [2.75, 3.05) is 39.9 Å². The van der Waals surface area contributed by atoms with Gasteiger partial charge < -0.3 is 19.1 Å². The molecule has 1 aromatic rings. The molecule has 0 radical (unpaired) electrons. The number of nitrogens with zero attached hydrogens (tertiary/aromatic N) is 2. The van der Waals surface area contributed by atoms with Crippen LogP contribution in [0.25, 0.3) is 0 Å². The van der Waals surface area contributed by atoms with Crippen LogP contribution in [-0.4, -0.2) is 79.5 Å². The Bertz CT molecular complexity index is 826. The molecule has 2 aliphatic heterocycles. The number of hydrogen-bond donors (Lipinski definition) is 0. The van der Waals surface area contributed by atoms with Crippen molar-refractivity contribution in [2.24, 2.45) is 5.92 Å². The summed E-state index contributed by atoms with van der Waals surface area (Å²) >= 11 is 0. The molecule has 6 heteroatoms. The van der Waals surface area contributed by atoms with Crippen LogP contribution in [0.3, 0.4) is 0 Å². The molecule has 3 fully saturated rings. The van der Waals surface area contributed by atoms with E-state index in [0.717, 1.165) is 61.8 Å². The highest BCUT2D eigenvalue weighted by atomic mass is 16.5. The largest absolute Gasteiger partial charge is 0.491 e. The number of rotatable bonds is 6. The highest BCUT2D eigenvalue weighted by Crippen LogP contribution is 2.37. The molecule has 2 saturated heterocycles. The molecule has 3 aliphatic rings. The van der Waals surface area contributed by atoms with E-state index in [4.69, 9.17) is 14.2 Å². The zero-order valence-corrected chi connectivity index (χ0v) is 21.8. The number of likely N-dealkylation sites (tertiary alicyclic amines) is 1. The number of piperidine rings is 1. The van der Waals surface area contributed by atoms with Gasteiger partial charge in [0.25, 0.3) is 5.91 Å². The molecule has 190 valence electrons. The smallest absolute Gasteiger partial charge is 0.253 e. The average molecular weight is 473 g/mol. The summed E-state index contributed by atoms with van der Waals surface area (Å²) in [7, 11) is 1.76. The van der Waals surface area contributed by atoms with Gasteiger partial charge in [-0.2, -0.15) is 0 Å². The van der Waals surface area contributed by atoms with Gasteiger partial charge in [-0.25, -0.2) is 0 Å². The first-order valence-electron chi connectivity index (χ1n) is 13.3. The van der Waals surface area contributed by atoms with E-state index in [-0.39, 0.29) is 23.7 Å². The van der Waals surface area contributed by atoms with Crippen molar-refractivity contribution in [3.05, 3.63) is 29.3 Å². The summed E-state index contributed by atoms with van der Waals surface area (Å²) in [6, 6.07) is 6.44. The SMILES string of the molecule is COCC1CN(C2CCC(C)CC2)CC2(CCN(C(=O)c3ccc(OC(C)C)c(C)c3)CC2)O1. The molecule has 1 atom stereocenters. The van der Waals surface area contributed by atoms with Gasteiger partial charge in [-0.3, -0.25) is 9.69 Å². The summed E-state index contributed by atoms with van der Waals surface area (Å²) in [4.78, 5) is 18.0. The maximum absolute atomic E-state index is 13.3. The second-order valence-corrected chi connectivity index (χ2v) is 11.2. The molecule has 0 bridgehead atoms. The molecule has 34 heavy (non-hydrogen) atoms. The Morgan fingerprint density at radius 1 is 1.18 bits per heavy atom. The van der Waals surface area contributed by atoms with Crippen LogP contribution >= 0.6 is 0 Å². The summed E-state index contributed by atoms with van der Waals surface area (Å²) in [5.41, 5.74) is 1.57. The molecule has 1 aliphatic carbocycles. The van der Waals surface area contributed by atoms with Crippen LogP contribution in [0.1, 0.15) is 75.2 Å². The van der Waals surface area contributed by atoms with Gasteiger partial charge in [-0.1, -0.05) is 6.92 Å². The Labute approximate surface area is 205 Å². The van der Waals surface area contributed by atoms with E-state index in [1.54, 1.807) is 7.11 Å². The molecular formula is C28H44N2O4. The summed E-state index contributed by atoms with van der Waals surface area (Å²) in [5, 5.41) is 0. The first-order chi connectivity index (χ1) is 16.3. The quantitative estimate of drug-likeness (QED) is 0.602. The van der Waals surface area contributed by atoms with Gasteiger partial charge in [-0.15, -0.1) is 0 Å². The number of ether oxygens (including phenoxy) is 3. The van der Waals surface area contributed by atoms with E-state index >= 15 is 0 Å². The normalized spacial score (nSPS) is 27.8. The fourth-order valence-electron chi connectivity index (χ4n) is 6.03. The Hall–Kier alpha value is -1.63. The third-order valence-electron chi connectivity index (χ3n) is 7.95. The molecule has 1 spiro atoms. The van der Waals surface area contributed by atoms with E-state index in [0.29, 0.717) is 12.6 Å². The molecule has 6 nitrogen and oxygen atoms in total. The summed E-state index contributed by atoms with van der Waals surface area (Å²) in [6.07, 6.45) is 7.22. The maximum Gasteiger partial charge on any atom is 0.253 e. The Kier molecular flexibility index (Phi) is 8.21. The van der Waals surface area contributed by atoms with Gasteiger partial charge >= 0.3 is 0 Å². The number of carbonyl (C=O) groups excluding carboxylic acids is 1. The molecule has 1 aromatic carbocycles. The van der Waals surface area contributed by atoms with Crippen molar-refractivity contribution in [3.63, 3.8) is 0 Å². The lowest BCUT2D eigenvalue weighted by Crippen LogP contribution is -2.62. The minimum Gasteiger partial charge on any atom is -0.491 e. The zero-order chi connectivity index (χ0) is 24.3. The minimum absolute atomic E-state index is 0.108. The molecule has 0 aromatic heterocycles. The minimum atomic E-state index is -0.174. The van der Waals surface area contributed by atoms with Gasteiger partial charge in [0.15, 0.2) is 0 Å². The van der Waals surface area contributed by atoms with E-state index in [1.165, 1.54) is 25.7 Å². The topological polar surface area (TPSA) is 51.2 Å². The van der Waals surface area contributed by atoms with Crippen LogP contribution in [0.5, 0.6) is 5.75 Å². The first kappa shape index (κ1) is 25.5. The van der Waals surface area contributed by atoms with Crippen LogP contribution in [0, 0.1) is 12.8 Å². The number of benzene rings is 1. The predicted molar refractivity (Wildman–Crippen MR) is 135 cm³/mol. The van der Waals surface area contributed by atoms with Crippen LogP contribution in [0.4, 0.5) is 0 Å². The summed E-state index contributed by atoms with van der Waals surface area (Å²) in [5.74, 6) is 1.81. The van der Waals surface area contributed by atoms with E-state index in [1.807, 2.05) is 43.9 Å². The summed E-state index contributed by atoms with van der Waals surface area (Å²) in [6.45, 7) is 12.5. The van der Waals surface area contributed by atoms with Crippen LogP contribution in [-0.2, 0) is 9.47 Å². The lowest BCUT2D eigenvalue weighted by molar-refractivity contribution is -0.193. The summed E-state index contributed by atoms with van der Waals surface area (Å²) < 4.78 is 18.0. The predicted octanol–water partition coefficient (Wildman–Crippen LogP) is 4.68. The van der Waals surface area contributed by atoms with Crippen molar-refractivity contribution in [1.29, 1.82) is 0 Å². The Balaban J connectivity index is 1.40. The zero-order valence-electron chi connectivity index (χ0n) is 21.8. The average Bonchev–Trinajstić information content (AvgIpc) is 2.81. The molecule has 1 saturated carbocycles. The monoisotopic (exact) mass is 472 g/mol. The van der Waals surface area contributed by atoms with Crippen molar-refractivity contribution in [1.82, 2.24) is 9.80 Å². The number of aryl methyl sites for hydroxylation is 1. The highest BCUT2D eigenvalue weighted by molar-refractivity contribution is 5.94. The van der Waals surface area contributed by atoms with E-state index < -0.39 is 0 Å². The first-order valence-corrected chi connectivity index (χ1v) is 13.3. The second kappa shape index (κ2) is 11.0. The molecule has 4 rings (SSSR count). The lowest BCUT2D eigenvalue weighted by Gasteiger charge is -2.52. The fourth-order valence-corrected chi connectivity index (χ4v) is 6.03. The standard InChI is InChI=1S/C28H44N2O4/c1-20(2)33-26-11-8-23(16-22(26)4)27(31)29-14-12-28(13-15-29)19-30(17-25(34-28)18-32-5)24-9-6-21(3)7-10-24/h8,11,16,20-21,24-25H,6-7,9-10,12-15,17-19H2,1-5H3. The van der Waals surface area contributed by atoms with Gasteiger partial charge in [-0.05, 0) is 89.0 Å². The number of hydrogen-bond acceptors (Lipinski definition) is 5. The molecule has 1 amide bonds. The van der Waals surface area contributed by atoms with Gasteiger partial charge in [0.05, 0.1) is 24.4 Å². The number of morpholine rings is 1. The third kappa shape index (κ3) is 5.95. The lowest BCUT2D eigenvalue weighted by atomic mass is 9.83. The molecular weight excluding hydrogens is 428 g/mol. The van der Waals surface area contributed by atoms with Crippen molar-refractivity contribution in [2.45, 2.75) is 90.1 Å². The number of amides is 1.